The number of nitrogens with one attached hydrogen (secondary N) is 2. The van der Waals surface area contributed by atoms with E-state index in [0.29, 0.717) is 25.5 Å². The van der Waals surface area contributed by atoms with E-state index >= 15 is 0 Å². The number of amides is 1. The molecule has 6 nitrogen and oxygen atoms in total. The summed E-state index contributed by atoms with van der Waals surface area (Å²) in [6.07, 6.45) is 0.331. The minimum atomic E-state index is -0.0443. The first-order chi connectivity index (χ1) is 8.65. The lowest BCUT2D eigenvalue weighted by molar-refractivity contribution is -0.124. The van der Waals surface area contributed by atoms with Crippen LogP contribution >= 0.6 is 0 Å². The molecule has 6 heteroatoms. The van der Waals surface area contributed by atoms with Gasteiger partial charge in [0.25, 0.3) is 0 Å². The highest BCUT2D eigenvalue weighted by Gasteiger charge is 2.17. The van der Waals surface area contributed by atoms with Gasteiger partial charge in [-0.3, -0.25) is 4.79 Å². The summed E-state index contributed by atoms with van der Waals surface area (Å²) < 4.78 is 10.8. The Morgan fingerprint density at radius 2 is 2.39 bits per heavy atom. The second kappa shape index (κ2) is 5.97. The van der Waals surface area contributed by atoms with E-state index in [9.17, 15) is 4.79 Å². The molecule has 0 aliphatic carbocycles. The molecule has 1 amide bonds. The molecule has 18 heavy (non-hydrogen) atoms. The highest BCUT2D eigenvalue weighted by atomic mass is 16.5. The third-order valence-electron chi connectivity index (χ3n) is 2.93. The van der Waals surface area contributed by atoms with E-state index in [4.69, 9.17) is 9.15 Å². The molecule has 1 aliphatic rings. The van der Waals surface area contributed by atoms with Gasteiger partial charge in [-0.05, 0) is 13.8 Å². The Balaban J connectivity index is 1.74. The first-order valence-corrected chi connectivity index (χ1v) is 6.17. The molecule has 1 aliphatic heterocycles. The molecule has 0 radical (unpaired) electrons. The maximum atomic E-state index is 11.7. The third kappa shape index (κ3) is 3.54. The summed E-state index contributed by atoms with van der Waals surface area (Å²) in [7, 11) is 0. The molecular weight excluding hydrogens is 234 g/mol. The Labute approximate surface area is 106 Å². The van der Waals surface area contributed by atoms with Crippen molar-refractivity contribution in [2.45, 2.75) is 32.9 Å². The van der Waals surface area contributed by atoms with Crippen LogP contribution in [0.5, 0.6) is 0 Å². The molecule has 1 fully saturated rings. The van der Waals surface area contributed by atoms with Crippen LogP contribution in [0.3, 0.4) is 0 Å². The van der Waals surface area contributed by atoms with Crippen LogP contribution in [0.2, 0.25) is 0 Å². The summed E-state index contributed by atoms with van der Waals surface area (Å²) in [4.78, 5) is 15.9. The van der Waals surface area contributed by atoms with Crippen molar-refractivity contribution < 1.29 is 13.9 Å². The Kier molecular flexibility index (Phi) is 4.33. The van der Waals surface area contributed by atoms with E-state index in [2.05, 4.69) is 15.6 Å². The first-order valence-electron chi connectivity index (χ1n) is 6.17. The van der Waals surface area contributed by atoms with Crippen molar-refractivity contribution in [1.82, 2.24) is 15.6 Å². The van der Waals surface area contributed by atoms with Gasteiger partial charge in [-0.25, -0.2) is 4.98 Å². The maximum Gasteiger partial charge on any atom is 0.223 e. The molecule has 2 heterocycles. The van der Waals surface area contributed by atoms with E-state index in [0.717, 1.165) is 24.5 Å². The predicted molar refractivity (Wildman–Crippen MR) is 65.1 cm³/mol. The van der Waals surface area contributed by atoms with Crippen molar-refractivity contribution in [2.24, 2.45) is 0 Å². The van der Waals surface area contributed by atoms with Gasteiger partial charge in [0, 0.05) is 13.1 Å². The van der Waals surface area contributed by atoms with Crippen molar-refractivity contribution >= 4 is 5.91 Å². The zero-order valence-corrected chi connectivity index (χ0v) is 10.8. The maximum absolute atomic E-state index is 11.7. The topological polar surface area (TPSA) is 76.4 Å². The predicted octanol–water partition coefficient (Wildman–Crippen LogP) is 0.286. The molecule has 1 atom stereocenters. The largest absolute Gasteiger partial charge is 0.444 e. The van der Waals surface area contributed by atoms with Crippen molar-refractivity contribution in [3.8, 4) is 0 Å². The Morgan fingerprint density at radius 1 is 1.56 bits per heavy atom. The number of carbonyl (C=O) groups excluding carboxylic acids is 1. The van der Waals surface area contributed by atoms with Gasteiger partial charge in [0.05, 0.1) is 31.4 Å². The van der Waals surface area contributed by atoms with Gasteiger partial charge in [0.1, 0.15) is 5.76 Å². The third-order valence-corrected chi connectivity index (χ3v) is 2.93. The Bertz CT molecular complexity index is 391. The molecule has 2 N–H and O–H groups in total. The zero-order chi connectivity index (χ0) is 13.0. The fourth-order valence-corrected chi connectivity index (χ4v) is 1.82. The van der Waals surface area contributed by atoms with Gasteiger partial charge in [0.2, 0.25) is 11.8 Å². The molecule has 0 bridgehead atoms. The number of oxazole rings is 1. The number of carbonyl (C=O) groups is 1. The fourth-order valence-electron chi connectivity index (χ4n) is 1.82. The van der Waals surface area contributed by atoms with Crippen LogP contribution in [0.25, 0.3) is 0 Å². The fraction of sp³-hybridized carbons (Fsp3) is 0.667. The van der Waals surface area contributed by atoms with E-state index in [1.807, 2.05) is 13.8 Å². The average molecular weight is 253 g/mol. The lowest BCUT2D eigenvalue weighted by atomic mass is 10.2. The molecule has 0 aromatic carbocycles. The summed E-state index contributed by atoms with van der Waals surface area (Å²) in [5.74, 6) is 1.29. The minimum absolute atomic E-state index is 0.0354. The number of hydrogen-bond donors (Lipinski definition) is 2. The first kappa shape index (κ1) is 13.0. The van der Waals surface area contributed by atoms with Crippen LogP contribution in [0.15, 0.2) is 4.42 Å². The van der Waals surface area contributed by atoms with Gasteiger partial charge in [-0.15, -0.1) is 0 Å². The van der Waals surface area contributed by atoms with E-state index in [1.54, 1.807) is 0 Å². The molecule has 1 aromatic rings. The normalized spacial score (nSPS) is 19.8. The molecule has 1 saturated heterocycles. The molecule has 1 unspecified atom stereocenters. The number of nitrogens with zero attached hydrogens (tertiary/aromatic N) is 1. The number of rotatable bonds is 4. The Morgan fingerprint density at radius 3 is 3.00 bits per heavy atom. The van der Waals surface area contributed by atoms with E-state index < -0.39 is 0 Å². The number of morpholine rings is 1. The molecule has 0 spiro atoms. The van der Waals surface area contributed by atoms with Crippen LogP contribution in [-0.2, 0) is 16.1 Å². The molecule has 1 aromatic heterocycles. The van der Waals surface area contributed by atoms with Gasteiger partial charge < -0.3 is 19.8 Å². The standard InChI is InChI=1S/C12H19N3O3/c1-8-9(2)18-12(15-8)7-14-11(16)5-10-6-13-3-4-17-10/h10,13H,3-7H2,1-2H3,(H,14,16). The quantitative estimate of drug-likeness (QED) is 0.806. The molecular formula is C12H19N3O3. The van der Waals surface area contributed by atoms with Gasteiger partial charge in [0.15, 0.2) is 0 Å². The second-order valence-electron chi connectivity index (χ2n) is 4.43. The summed E-state index contributed by atoms with van der Waals surface area (Å²) in [5.41, 5.74) is 0.860. The van der Waals surface area contributed by atoms with E-state index in [1.165, 1.54) is 0 Å². The van der Waals surface area contributed by atoms with Gasteiger partial charge in [-0.2, -0.15) is 0 Å². The number of aryl methyl sites for hydroxylation is 2. The van der Waals surface area contributed by atoms with Gasteiger partial charge >= 0.3 is 0 Å². The van der Waals surface area contributed by atoms with Crippen molar-refractivity contribution in [2.75, 3.05) is 19.7 Å². The highest BCUT2D eigenvalue weighted by molar-refractivity contribution is 5.76. The van der Waals surface area contributed by atoms with Crippen molar-refractivity contribution in [3.63, 3.8) is 0 Å². The lowest BCUT2D eigenvalue weighted by Crippen LogP contribution is -2.41. The van der Waals surface area contributed by atoms with E-state index in [-0.39, 0.29) is 12.0 Å². The van der Waals surface area contributed by atoms with Crippen LogP contribution in [0, 0.1) is 13.8 Å². The SMILES string of the molecule is Cc1nc(CNC(=O)CC2CNCCO2)oc1C. The molecule has 0 saturated carbocycles. The summed E-state index contributed by atoms with van der Waals surface area (Å²) in [6.45, 7) is 6.31. The number of hydrogen-bond acceptors (Lipinski definition) is 5. The van der Waals surface area contributed by atoms with Gasteiger partial charge in [-0.1, -0.05) is 0 Å². The van der Waals surface area contributed by atoms with Crippen LogP contribution in [0.1, 0.15) is 23.8 Å². The number of ether oxygens (including phenoxy) is 1. The number of aromatic nitrogens is 1. The molecule has 100 valence electrons. The average Bonchev–Trinajstić information content (AvgIpc) is 2.68. The van der Waals surface area contributed by atoms with Crippen molar-refractivity contribution in [3.05, 3.63) is 17.3 Å². The van der Waals surface area contributed by atoms with Crippen LogP contribution in [-0.4, -0.2) is 36.7 Å². The lowest BCUT2D eigenvalue weighted by Gasteiger charge is -2.22. The van der Waals surface area contributed by atoms with Crippen molar-refractivity contribution in [1.29, 1.82) is 0 Å². The monoisotopic (exact) mass is 253 g/mol. The highest BCUT2D eigenvalue weighted by Crippen LogP contribution is 2.08. The molecule has 2 rings (SSSR count). The summed E-state index contributed by atoms with van der Waals surface area (Å²) in [6, 6.07) is 0. The zero-order valence-electron chi connectivity index (χ0n) is 10.8. The van der Waals surface area contributed by atoms with Crippen LogP contribution in [0.4, 0.5) is 0 Å². The van der Waals surface area contributed by atoms with Crippen LogP contribution < -0.4 is 10.6 Å². The second-order valence-corrected chi connectivity index (χ2v) is 4.43. The summed E-state index contributed by atoms with van der Waals surface area (Å²) in [5, 5.41) is 5.97. The summed E-state index contributed by atoms with van der Waals surface area (Å²) >= 11 is 0. The minimum Gasteiger partial charge on any atom is -0.444 e. The smallest absolute Gasteiger partial charge is 0.223 e. The Hall–Kier alpha value is -1.40.